The van der Waals surface area contributed by atoms with Crippen LogP contribution in [0.5, 0.6) is 0 Å². The van der Waals surface area contributed by atoms with Crippen molar-refractivity contribution in [2.24, 2.45) is 0 Å². The standard InChI is InChI=1S/C19H14ClN3O4S/c20-13-5-8-15(9-6-13)28-17-4-2-1-3-16(17)21-18(24)12-22-11-14(23(26)27)7-10-19(22)25/h1-11H,12H2,(H,21,24). The number of hydrogen-bond acceptors (Lipinski definition) is 5. The molecule has 1 amide bonds. The molecule has 0 saturated carbocycles. The Kier molecular flexibility index (Phi) is 6.13. The van der Waals surface area contributed by atoms with E-state index in [4.69, 9.17) is 11.6 Å². The number of nitrogens with one attached hydrogen (secondary N) is 1. The predicted molar refractivity (Wildman–Crippen MR) is 108 cm³/mol. The highest BCUT2D eigenvalue weighted by atomic mass is 35.5. The molecule has 0 bridgehead atoms. The molecule has 28 heavy (non-hydrogen) atoms. The predicted octanol–water partition coefficient (Wildman–Crippen LogP) is 4.20. The molecule has 1 N–H and O–H groups in total. The van der Waals surface area contributed by atoms with Crippen molar-refractivity contribution in [1.29, 1.82) is 0 Å². The van der Waals surface area contributed by atoms with Crippen LogP contribution in [0, 0.1) is 10.1 Å². The highest BCUT2D eigenvalue weighted by molar-refractivity contribution is 7.99. The summed E-state index contributed by atoms with van der Waals surface area (Å²) in [6.45, 7) is -0.333. The lowest BCUT2D eigenvalue weighted by atomic mass is 10.3. The van der Waals surface area contributed by atoms with Gasteiger partial charge in [-0.3, -0.25) is 24.3 Å². The Hall–Kier alpha value is -3.10. The molecule has 142 valence electrons. The maximum absolute atomic E-state index is 12.4. The minimum Gasteiger partial charge on any atom is -0.324 e. The normalized spacial score (nSPS) is 10.5. The Labute approximate surface area is 169 Å². The van der Waals surface area contributed by atoms with Crippen molar-refractivity contribution in [3.8, 4) is 0 Å². The largest absolute Gasteiger partial charge is 0.324 e. The van der Waals surface area contributed by atoms with Gasteiger partial charge in [0.15, 0.2) is 0 Å². The molecule has 0 fully saturated rings. The zero-order chi connectivity index (χ0) is 20.1. The van der Waals surface area contributed by atoms with E-state index in [1.54, 1.807) is 24.3 Å². The van der Waals surface area contributed by atoms with E-state index < -0.39 is 16.4 Å². The molecule has 1 heterocycles. The summed E-state index contributed by atoms with van der Waals surface area (Å²) < 4.78 is 1.00. The van der Waals surface area contributed by atoms with Crippen molar-refractivity contribution in [2.75, 3.05) is 5.32 Å². The summed E-state index contributed by atoms with van der Waals surface area (Å²) in [4.78, 5) is 36.3. The lowest BCUT2D eigenvalue weighted by Crippen LogP contribution is -2.27. The minimum absolute atomic E-state index is 0.258. The van der Waals surface area contributed by atoms with Crippen LogP contribution in [0.4, 0.5) is 11.4 Å². The number of nitrogens with zero attached hydrogens (tertiary/aromatic N) is 2. The van der Waals surface area contributed by atoms with E-state index >= 15 is 0 Å². The molecule has 0 aliphatic heterocycles. The van der Waals surface area contributed by atoms with E-state index in [-0.39, 0.29) is 12.2 Å². The number of pyridine rings is 1. The van der Waals surface area contributed by atoms with Crippen LogP contribution < -0.4 is 10.9 Å². The summed E-state index contributed by atoms with van der Waals surface area (Å²) in [6, 6.07) is 16.7. The Morgan fingerprint density at radius 2 is 1.82 bits per heavy atom. The Bertz CT molecular complexity index is 1080. The molecule has 7 nitrogen and oxygen atoms in total. The molecule has 1 aromatic heterocycles. The number of halogens is 1. The van der Waals surface area contributed by atoms with Gasteiger partial charge in [-0.2, -0.15) is 0 Å². The summed E-state index contributed by atoms with van der Waals surface area (Å²) in [7, 11) is 0. The fourth-order valence-electron chi connectivity index (χ4n) is 2.38. The van der Waals surface area contributed by atoms with Crippen LogP contribution in [0.25, 0.3) is 0 Å². The fraction of sp³-hybridized carbons (Fsp3) is 0.0526. The van der Waals surface area contributed by atoms with Crippen LogP contribution >= 0.6 is 23.4 Å². The number of benzene rings is 2. The second-order valence-electron chi connectivity index (χ2n) is 5.71. The monoisotopic (exact) mass is 415 g/mol. The average Bonchev–Trinajstić information content (AvgIpc) is 2.66. The molecule has 0 atom stereocenters. The second kappa shape index (κ2) is 8.73. The van der Waals surface area contributed by atoms with Gasteiger partial charge in [0.25, 0.3) is 11.2 Å². The van der Waals surface area contributed by atoms with Crippen LogP contribution in [-0.2, 0) is 11.3 Å². The summed E-state index contributed by atoms with van der Waals surface area (Å²) in [5.74, 6) is -0.466. The molecule has 0 saturated heterocycles. The first-order valence-corrected chi connectivity index (χ1v) is 9.29. The van der Waals surface area contributed by atoms with Crippen molar-refractivity contribution in [1.82, 2.24) is 4.57 Å². The lowest BCUT2D eigenvalue weighted by Gasteiger charge is -2.11. The molecule has 2 aromatic carbocycles. The number of carbonyl (C=O) groups is 1. The molecule has 3 rings (SSSR count). The van der Waals surface area contributed by atoms with E-state index in [9.17, 15) is 19.7 Å². The first-order valence-electron chi connectivity index (χ1n) is 8.09. The number of carbonyl (C=O) groups excluding carboxylic acids is 1. The smallest absolute Gasteiger partial charge is 0.285 e. The topological polar surface area (TPSA) is 94.2 Å². The number of anilines is 1. The van der Waals surface area contributed by atoms with Gasteiger partial charge in [0.2, 0.25) is 5.91 Å². The third kappa shape index (κ3) is 4.99. The van der Waals surface area contributed by atoms with Crippen molar-refractivity contribution < 1.29 is 9.72 Å². The second-order valence-corrected chi connectivity index (χ2v) is 7.26. The molecule has 0 spiro atoms. The minimum atomic E-state index is -0.619. The van der Waals surface area contributed by atoms with E-state index in [1.165, 1.54) is 11.8 Å². The van der Waals surface area contributed by atoms with Crippen LogP contribution in [0.3, 0.4) is 0 Å². The van der Waals surface area contributed by atoms with Crippen molar-refractivity contribution in [2.45, 2.75) is 16.3 Å². The summed E-state index contributed by atoms with van der Waals surface area (Å²) in [5, 5.41) is 14.2. The number of amides is 1. The summed E-state index contributed by atoms with van der Waals surface area (Å²) in [5.41, 5.74) is -0.179. The molecule has 0 aliphatic rings. The van der Waals surface area contributed by atoms with E-state index in [1.807, 2.05) is 24.3 Å². The SMILES string of the molecule is O=C(Cn1cc([N+](=O)[O-])ccc1=O)Nc1ccccc1Sc1ccc(Cl)cc1. The molecular weight excluding hydrogens is 402 g/mol. The van der Waals surface area contributed by atoms with Gasteiger partial charge < -0.3 is 5.32 Å². The first-order chi connectivity index (χ1) is 13.4. The zero-order valence-electron chi connectivity index (χ0n) is 14.4. The van der Waals surface area contributed by atoms with E-state index in [0.717, 1.165) is 32.7 Å². The Balaban J connectivity index is 1.76. The third-order valence-electron chi connectivity index (χ3n) is 3.70. The van der Waals surface area contributed by atoms with Gasteiger partial charge in [-0.25, -0.2) is 0 Å². The lowest BCUT2D eigenvalue weighted by molar-refractivity contribution is -0.385. The zero-order valence-corrected chi connectivity index (χ0v) is 15.9. The van der Waals surface area contributed by atoms with Crippen molar-refractivity contribution in [3.05, 3.63) is 92.4 Å². The highest BCUT2D eigenvalue weighted by Crippen LogP contribution is 2.33. The molecular formula is C19H14ClN3O4S. The quantitative estimate of drug-likeness (QED) is 0.481. The van der Waals surface area contributed by atoms with Gasteiger partial charge in [0, 0.05) is 26.9 Å². The molecule has 0 unspecified atom stereocenters. The van der Waals surface area contributed by atoms with Gasteiger partial charge in [0.05, 0.1) is 16.8 Å². The van der Waals surface area contributed by atoms with Gasteiger partial charge in [0.1, 0.15) is 6.54 Å². The first kappa shape index (κ1) is 19.7. The fourth-order valence-corrected chi connectivity index (χ4v) is 3.41. The van der Waals surface area contributed by atoms with Crippen molar-refractivity contribution >= 4 is 40.6 Å². The van der Waals surface area contributed by atoms with E-state index in [2.05, 4.69) is 5.32 Å². The molecule has 9 heteroatoms. The van der Waals surface area contributed by atoms with Crippen molar-refractivity contribution in [3.63, 3.8) is 0 Å². The van der Waals surface area contributed by atoms with Gasteiger partial charge in [-0.1, -0.05) is 35.5 Å². The van der Waals surface area contributed by atoms with E-state index in [0.29, 0.717) is 10.7 Å². The Morgan fingerprint density at radius 1 is 1.11 bits per heavy atom. The van der Waals surface area contributed by atoms with Gasteiger partial charge in [-0.05, 0) is 36.4 Å². The number of rotatable bonds is 6. The maximum atomic E-state index is 12.4. The van der Waals surface area contributed by atoms with Crippen LogP contribution in [0.15, 0.2) is 81.4 Å². The molecule has 3 aromatic rings. The molecule has 0 radical (unpaired) electrons. The summed E-state index contributed by atoms with van der Waals surface area (Å²) in [6.07, 6.45) is 1.05. The van der Waals surface area contributed by atoms with Gasteiger partial charge >= 0.3 is 0 Å². The maximum Gasteiger partial charge on any atom is 0.285 e. The Morgan fingerprint density at radius 3 is 2.54 bits per heavy atom. The average molecular weight is 416 g/mol. The van der Waals surface area contributed by atoms with Crippen LogP contribution in [0.1, 0.15) is 0 Å². The highest BCUT2D eigenvalue weighted by Gasteiger charge is 2.12. The van der Waals surface area contributed by atoms with Gasteiger partial charge in [-0.15, -0.1) is 0 Å². The number of nitro groups is 1. The van der Waals surface area contributed by atoms with Crippen LogP contribution in [0.2, 0.25) is 5.02 Å². The van der Waals surface area contributed by atoms with Crippen LogP contribution in [-0.4, -0.2) is 15.4 Å². The number of hydrogen-bond donors (Lipinski definition) is 1. The number of aromatic nitrogens is 1. The summed E-state index contributed by atoms with van der Waals surface area (Å²) >= 11 is 7.35. The number of para-hydroxylation sites is 1. The third-order valence-corrected chi connectivity index (χ3v) is 5.03. The molecule has 0 aliphatic carbocycles.